The smallest absolute Gasteiger partial charge is 0.309 e. The molecule has 0 atom stereocenters. The molecule has 0 unspecified atom stereocenters. The van der Waals surface area contributed by atoms with E-state index >= 15 is 13.2 Å². The maximum absolute atomic E-state index is 15.1. The van der Waals surface area contributed by atoms with Gasteiger partial charge in [-0.3, -0.25) is 0 Å². The molecule has 8 rings (SSSR count). The summed E-state index contributed by atoms with van der Waals surface area (Å²) in [6.45, 7) is 15.3. The first-order valence-corrected chi connectivity index (χ1v) is 15.7. The van der Waals surface area contributed by atoms with Crippen LogP contribution in [0.4, 0.5) is 24.5 Å². The Morgan fingerprint density at radius 3 is 1.37 bits per heavy atom. The molecule has 0 amide bonds. The molecule has 2 heterocycles. The average Bonchev–Trinajstić information content (AvgIpc) is 3.67. The molecule has 10 heteroatoms. The summed E-state index contributed by atoms with van der Waals surface area (Å²) in [5, 5.41) is 31.7. The van der Waals surface area contributed by atoms with Gasteiger partial charge < -0.3 is 9.13 Å². The lowest BCUT2D eigenvalue weighted by Crippen LogP contribution is -2.11. The minimum atomic E-state index is -4.80. The van der Waals surface area contributed by atoms with Gasteiger partial charge in [0.15, 0.2) is 11.4 Å². The van der Waals surface area contributed by atoms with Gasteiger partial charge in [-0.2, -0.15) is 29.0 Å². The summed E-state index contributed by atoms with van der Waals surface area (Å²) in [5.41, 5.74) is 3.78. The molecule has 7 nitrogen and oxygen atoms in total. The fourth-order valence-corrected chi connectivity index (χ4v) is 6.99. The fraction of sp³-hybridized carbons (Fsp3) is 0.0238. The molecule has 0 spiro atoms. The van der Waals surface area contributed by atoms with Crippen molar-refractivity contribution >= 4 is 55.0 Å². The van der Waals surface area contributed by atoms with Crippen molar-refractivity contribution < 1.29 is 13.2 Å². The highest BCUT2D eigenvalue weighted by Crippen LogP contribution is 2.46. The number of fused-ring (bicyclic) bond motifs is 6. The number of aromatic nitrogens is 2. The standard InChI is InChI=1S/C42H18F3N7/c1-49-29-8-12-37-33(19-29)34-20-30(50-2)9-13-38(34)52(37)40-18-28(42(43,44)45)17-39(41(40)27-5-3-4-24(14-27)21-46)51-35-10-6-25(22-47)15-31(35)32-16-26(23-48)7-11-36(32)51/h3-20H. The van der Waals surface area contributed by atoms with E-state index < -0.39 is 11.7 Å². The molecule has 0 radical (unpaired) electrons. The lowest BCUT2D eigenvalue weighted by Gasteiger charge is -2.23. The summed E-state index contributed by atoms with van der Waals surface area (Å²) in [5.74, 6) is 0. The Morgan fingerprint density at radius 1 is 0.519 bits per heavy atom. The molecule has 0 saturated heterocycles. The number of halogens is 3. The van der Waals surface area contributed by atoms with Gasteiger partial charge in [-0.15, -0.1) is 0 Å². The number of nitrogens with zero attached hydrogens (tertiary/aromatic N) is 7. The van der Waals surface area contributed by atoms with Crippen LogP contribution in [0, 0.1) is 47.1 Å². The molecule has 2 aromatic heterocycles. The van der Waals surface area contributed by atoms with Gasteiger partial charge in [-0.05, 0) is 101 Å². The lowest BCUT2D eigenvalue weighted by molar-refractivity contribution is -0.137. The van der Waals surface area contributed by atoms with Gasteiger partial charge in [0.05, 0.1) is 87.0 Å². The predicted molar refractivity (Wildman–Crippen MR) is 192 cm³/mol. The second-order valence-electron chi connectivity index (χ2n) is 12.1. The second kappa shape index (κ2) is 11.6. The summed E-state index contributed by atoms with van der Waals surface area (Å²) in [6, 6.07) is 34.9. The minimum Gasteiger partial charge on any atom is -0.309 e. The zero-order valence-corrected chi connectivity index (χ0v) is 26.7. The maximum atomic E-state index is 15.1. The molecule has 0 saturated carbocycles. The lowest BCUT2D eigenvalue weighted by atomic mass is 9.96. The summed E-state index contributed by atoms with van der Waals surface area (Å²) in [7, 11) is 0. The fourth-order valence-electron chi connectivity index (χ4n) is 6.99. The monoisotopic (exact) mass is 677 g/mol. The molecule has 0 fully saturated rings. The van der Waals surface area contributed by atoms with Crippen molar-refractivity contribution in [3.8, 4) is 40.7 Å². The van der Waals surface area contributed by atoms with Gasteiger partial charge in [0, 0.05) is 16.3 Å². The molecule has 52 heavy (non-hydrogen) atoms. The van der Waals surface area contributed by atoms with Crippen molar-refractivity contribution in [1.29, 1.82) is 15.8 Å². The summed E-state index contributed by atoms with van der Waals surface area (Å²) in [4.78, 5) is 7.14. The molecule has 8 aromatic rings. The van der Waals surface area contributed by atoms with Gasteiger partial charge in [0.25, 0.3) is 0 Å². The van der Waals surface area contributed by atoms with Gasteiger partial charge in [0.1, 0.15) is 0 Å². The average molecular weight is 678 g/mol. The SMILES string of the molecule is [C-]#[N+]c1ccc2c(c1)c1cc([N+]#[C-])ccc1n2-c1cc(C(F)(F)F)cc(-n2c3ccc(C#N)cc3c3cc(C#N)ccc32)c1-c1cccc(C#N)c1. The highest BCUT2D eigenvalue weighted by atomic mass is 19.4. The third kappa shape index (κ3) is 4.79. The quantitative estimate of drug-likeness (QED) is 0.174. The Bertz CT molecular complexity index is 2760. The number of rotatable bonds is 3. The second-order valence-corrected chi connectivity index (χ2v) is 12.1. The molecule has 0 N–H and O–H groups in total. The van der Waals surface area contributed by atoms with Crippen LogP contribution in [-0.2, 0) is 6.18 Å². The van der Waals surface area contributed by atoms with Gasteiger partial charge >= 0.3 is 6.18 Å². The van der Waals surface area contributed by atoms with Crippen LogP contribution in [0.1, 0.15) is 22.3 Å². The van der Waals surface area contributed by atoms with Gasteiger partial charge in [0.2, 0.25) is 0 Å². The van der Waals surface area contributed by atoms with Crippen LogP contribution in [0.25, 0.3) is 75.8 Å². The molecule has 242 valence electrons. The number of hydrogen-bond acceptors (Lipinski definition) is 3. The molecule has 0 aliphatic heterocycles. The number of nitriles is 3. The van der Waals surface area contributed by atoms with Gasteiger partial charge in [-0.25, -0.2) is 9.69 Å². The molecular weight excluding hydrogens is 660 g/mol. The number of benzene rings is 6. The highest BCUT2D eigenvalue weighted by Gasteiger charge is 2.34. The maximum Gasteiger partial charge on any atom is 0.416 e. The van der Waals surface area contributed by atoms with Crippen LogP contribution < -0.4 is 0 Å². The van der Waals surface area contributed by atoms with Gasteiger partial charge in [-0.1, -0.05) is 24.3 Å². The summed E-state index contributed by atoms with van der Waals surface area (Å²) in [6.07, 6.45) is -4.80. The third-order valence-corrected chi connectivity index (χ3v) is 9.20. The topological polar surface area (TPSA) is 89.9 Å². The first-order valence-electron chi connectivity index (χ1n) is 15.7. The number of hydrogen-bond donors (Lipinski definition) is 0. The van der Waals surface area contributed by atoms with E-state index in [0.29, 0.717) is 82.8 Å². The van der Waals surface area contributed by atoms with Crippen LogP contribution in [0.5, 0.6) is 0 Å². The Kier molecular flexibility index (Phi) is 7.04. The van der Waals surface area contributed by atoms with Crippen molar-refractivity contribution in [2.45, 2.75) is 6.18 Å². The Morgan fingerprint density at radius 2 is 0.942 bits per heavy atom. The van der Waals surface area contributed by atoms with E-state index in [4.69, 9.17) is 13.1 Å². The van der Waals surface area contributed by atoms with Crippen LogP contribution in [0.3, 0.4) is 0 Å². The first kappa shape index (κ1) is 31.4. The van der Waals surface area contributed by atoms with Crippen molar-refractivity contribution in [3.05, 3.63) is 154 Å². The van der Waals surface area contributed by atoms with Crippen LogP contribution in [-0.4, -0.2) is 9.13 Å². The Labute approximate surface area is 293 Å². The molecule has 0 bridgehead atoms. The first-order chi connectivity index (χ1) is 25.2. The minimum absolute atomic E-state index is 0.139. The number of alkyl halides is 3. The summed E-state index contributed by atoms with van der Waals surface area (Å²) < 4.78 is 48.8. The molecule has 0 aliphatic carbocycles. The largest absolute Gasteiger partial charge is 0.416 e. The van der Waals surface area contributed by atoms with Crippen LogP contribution >= 0.6 is 0 Å². The Balaban J connectivity index is 1.63. The molecule has 6 aromatic carbocycles. The molecule has 0 aliphatic rings. The third-order valence-electron chi connectivity index (χ3n) is 9.20. The molecular formula is C42H18F3N7. The van der Waals surface area contributed by atoms with Crippen LogP contribution in [0.2, 0.25) is 0 Å². The van der Waals surface area contributed by atoms with E-state index in [-0.39, 0.29) is 11.4 Å². The normalized spacial score (nSPS) is 11.3. The van der Waals surface area contributed by atoms with E-state index in [1.165, 1.54) is 0 Å². The van der Waals surface area contributed by atoms with Crippen molar-refractivity contribution in [2.75, 3.05) is 0 Å². The van der Waals surface area contributed by atoms with Crippen molar-refractivity contribution in [2.24, 2.45) is 0 Å². The zero-order chi connectivity index (χ0) is 36.3. The van der Waals surface area contributed by atoms with E-state index in [1.54, 1.807) is 106 Å². The van der Waals surface area contributed by atoms with E-state index in [0.717, 1.165) is 12.1 Å². The highest BCUT2D eigenvalue weighted by molar-refractivity contribution is 6.13. The zero-order valence-electron chi connectivity index (χ0n) is 26.7. The van der Waals surface area contributed by atoms with Crippen LogP contribution in [0.15, 0.2) is 109 Å². The van der Waals surface area contributed by atoms with E-state index in [1.807, 2.05) is 0 Å². The Hall–Kier alpha value is -7.84. The van der Waals surface area contributed by atoms with E-state index in [9.17, 15) is 15.8 Å². The predicted octanol–water partition coefficient (Wildman–Crippen LogP) is 11.3. The summed E-state index contributed by atoms with van der Waals surface area (Å²) >= 11 is 0. The van der Waals surface area contributed by atoms with Crippen molar-refractivity contribution in [3.63, 3.8) is 0 Å². The van der Waals surface area contributed by atoms with Crippen molar-refractivity contribution in [1.82, 2.24) is 9.13 Å². The van der Waals surface area contributed by atoms with E-state index in [2.05, 4.69) is 27.9 Å².